The monoisotopic (exact) mass is 177 g/mol. The maximum Gasteiger partial charge on any atom is 0.335 e. The number of rotatable bonds is 2. The largest absolute Gasteiger partial charge is 0.504 e. The van der Waals surface area contributed by atoms with E-state index in [2.05, 4.69) is 12.6 Å². The van der Waals surface area contributed by atoms with Crippen LogP contribution in [0.5, 0.6) is 11.5 Å². The van der Waals surface area contributed by atoms with E-state index in [1.165, 1.54) is 6.07 Å². The standard InChI is InChI=1S/C10H9O3/c1-3-9(11)13-8-6-4-5-7(2)10(8)12/h3,5-6,12H,1H2,2H3. The second-order valence-corrected chi connectivity index (χ2v) is 2.48. The Morgan fingerprint density at radius 1 is 1.69 bits per heavy atom. The van der Waals surface area contributed by atoms with Gasteiger partial charge < -0.3 is 9.84 Å². The molecule has 0 amide bonds. The van der Waals surface area contributed by atoms with Crippen molar-refractivity contribution in [3.63, 3.8) is 0 Å². The summed E-state index contributed by atoms with van der Waals surface area (Å²) >= 11 is 0. The van der Waals surface area contributed by atoms with Crippen LogP contribution in [0.4, 0.5) is 0 Å². The van der Waals surface area contributed by atoms with E-state index in [0.717, 1.165) is 6.08 Å². The number of carbonyl (C=O) groups excluding carboxylic acids is 1. The highest BCUT2D eigenvalue weighted by atomic mass is 16.5. The highest BCUT2D eigenvalue weighted by Gasteiger charge is 2.07. The summed E-state index contributed by atoms with van der Waals surface area (Å²) in [5.41, 5.74) is 0.606. The second-order valence-electron chi connectivity index (χ2n) is 2.48. The molecule has 0 bridgehead atoms. The molecule has 0 spiro atoms. The number of hydrogen-bond acceptors (Lipinski definition) is 3. The lowest BCUT2D eigenvalue weighted by Gasteiger charge is -2.04. The SMILES string of the molecule is C=CC(=O)Oc1c[c]cc(C)c1O. The predicted molar refractivity (Wildman–Crippen MR) is 47.5 cm³/mol. The first kappa shape index (κ1) is 9.32. The Bertz CT molecular complexity index is 342. The Kier molecular flexibility index (Phi) is 2.69. The number of esters is 1. The molecule has 0 atom stereocenters. The minimum Gasteiger partial charge on any atom is -0.504 e. The van der Waals surface area contributed by atoms with E-state index in [4.69, 9.17) is 4.74 Å². The molecule has 1 radical (unpaired) electrons. The number of hydrogen-bond donors (Lipinski definition) is 1. The van der Waals surface area contributed by atoms with Crippen LogP contribution in [0.3, 0.4) is 0 Å². The molecule has 1 N–H and O–H groups in total. The van der Waals surface area contributed by atoms with Crippen molar-refractivity contribution in [2.24, 2.45) is 0 Å². The zero-order chi connectivity index (χ0) is 9.84. The zero-order valence-electron chi connectivity index (χ0n) is 7.20. The molecule has 0 aliphatic carbocycles. The average Bonchev–Trinajstić information content (AvgIpc) is 2.13. The molecule has 0 saturated heterocycles. The summed E-state index contributed by atoms with van der Waals surface area (Å²) in [4.78, 5) is 10.8. The predicted octanol–water partition coefficient (Wildman–Crippen LogP) is 1.59. The number of carbonyl (C=O) groups is 1. The topological polar surface area (TPSA) is 46.5 Å². The number of aryl methyl sites for hydroxylation is 1. The van der Waals surface area contributed by atoms with Crippen LogP contribution in [0, 0.1) is 13.0 Å². The van der Waals surface area contributed by atoms with Crippen molar-refractivity contribution in [2.75, 3.05) is 0 Å². The Morgan fingerprint density at radius 3 is 3.00 bits per heavy atom. The third-order valence-corrected chi connectivity index (χ3v) is 1.50. The molecule has 13 heavy (non-hydrogen) atoms. The van der Waals surface area contributed by atoms with Crippen molar-refractivity contribution in [3.8, 4) is 11.5 Å². The van der Waals surface area contributed by atoms with Gasteiger partial charge in [0.05, 0.1) is 0 Å². The Morgan fingerprint density at radius 2 is 2.38 bits per heavy atom. The van der Waals surface area contributed by atoms with E-state index in [1.807, 2.05) is 0 Å². The van der Waals surface area contributed by atoms with Crippen LogP contribution in [0.2, 0.25) is 0 Å². The van der Waals surface area contributed by atoms with Gasteiger partial charge in [0.2, 0.25) is 0 Å². The molecule has 3 heteroatoms. The van der Waals surface area contributed by atoms with Gasteiger partial charge >= 0.3 is 5.97 Å². The van der Waals surface area contributed by atoms with E-state index in [-0.39, 0.29) is 11.5 Å². The average molecular weight is 177 g/mol. The van der Waals surface area contributed by atoms with Gasteiger partial charge in [0.25, 0.3) is 0 Å². The molecule has 1 aromatic carbocycles. The van der Waals surface area contributed by atoms with E-state index in [1.54, 1.807) is 13.0 Å². The smallest absolute Gasteiger partial charge is 0.335 e. The third-order valence-electron chi connectivity index (χ3n) is 1.50. The van der Waals surface area contributed by atoms with Crippen molar-refractivity contribution in [1.29, 1.82) is 0 Å². The number of ether oxygens (including phenoxy) is 1. The minimum atomic E-state index is -0.602. The van der Waals surface area contributed by atoms with Crippen LogP contribution in [-0.2, 0) is 4.79 Å². The van der Waals surface area contributed by atoms with Gasteiger partial charge in [0, 0.05) is 6.08 Å². The van der Waals surface area contributed by atoms with E-state index < -0.39 is 5.97 Å². The van der Waals surface area contributed by atoms with Crippen LogP contribution in [0.15, 0.2) is 24.8 Å². The third kappa shape index (κ3) is 2.08. The van der Waals surface area contributed by atoms with Crippen LogP contribution >= 0.6 is 0 Å². The molecule has 0 heterocycles. The van der Waals surface area contributed by atoms with Crippen LogP contribution in [-0.4, -0.2) is 11.1 Å². The molecule has 0 unspecified atom stereocenters. The highest BCUT2D eigenvalue weighted by molar-refractivity contribution is 5.83. The number of aromatic hydroxyl groups is 1. The van der Waals surface area contributed by atoms with Gasteiger partial charge in [-0.2, -0.15) is 0 Å². The maximum absolute atomic E-state index is 10.8. The second kappa shape index (κ2) is 3.76. The van der Waals surface area contributed by atoms with Gasteiger partial charge in [-0.1, -0.05) is 6.58 Å². The van der Waals surface area contributed by atoms with Gasteiger partial charge in [-0.05, 0) is 30.7 Å². The summed E-state index contributed by atoms with van der Waals surface area (Å²) in [7, 11) is 0. The van der Waals surface area contributed by atoms with Gasteiger partial charge in [0.1, 0.15) is 0 Å². The molecular weight excluding hydrogens is 168 g/mol. The van der Waals surface area contributed by atoms with Crippen LogP contribution in [0.1, 0.15) is 5.56 Å². The Balaban J connectivity index is 2.95. The van der Waals surface area contributed by atoms with Crippen molar-refractivity contribution >= 4 is 5.97 Å². The first-order valence-electron chi connectivity index (χ1n) is 3.69. The van der Waals surface area contributed by atoms with Gasteiger partial charge in [0.15, 0.2) is 11.5 Å². The van der Waals surface area contributed by atoms with E-state index in [0.29, 0.717) is 5.56 Å². The first-order valence-corrected chi connectivity index (χ1v) is 3.69. The molecule has 1 rings (SSSR count). The van der Waals surface area contributed by atoms with Gasteiger partial charge in [-0.15, -0.1) is 0 Å². The molecule has 3 nitrogen and oxygen atoms in total. The number of phenolic OH excluding ortho intramolecular Hbond substituents is 1. The molecule has 0 aliphatic rings. The lowest BCUT2D eigenvalue weighted by molar-refractivity contribution is -0.129. The summed E-state index contributed by atoms with van der Waals surface area (Å²) < 4.78 is 4.74. The lowest BCUT2D eigenvalue weighted by atomic mass is 10.2. The molecule has 67 valence electrons. The molecular formula is C10H9O3. The van der Waals surface area contributed by atoms with Crippen molar-refractivity contribution in [2.45, 2.75) is 6.92 Å². The van der Waals surface area contributed by atoms with Crippen LogP contribution in [0.25, 0.3) is 0 Å². The molecule has 0 saturated carbocycles. The van der Waals surface area contributed by atoms with Crippen molar-refractivity contribution in [1.82, 2.24) is 0 Å². The molecule has 0 aromatic heterocycles. The minimum absolute atomic E-state index is 0.0473. The van der Waals surface area contributed by atoms with Gasteiger partial charge in [-0.3, -0.25) is 0 Å². The van der Waals surface area contributed by atoms with Crippen molar-refractivity contribution in [3.05, 3.63) is 36.4 Å². The lowest BCUT2D eigenvalue weighted by Crippen LogP contribution is -2.03. The highest BCUT2D eigenvalue weighted by Crippen LogP contribution is 2.28. The summed E-state index contributed by atoms with van der Waals surface area (Å²) in [5.74, 6) is -0.548. The summed E-state index contributed by atoms with van der Waals surface area (Å²) in [6, 6.07) is 5.72. The molecule has 1 aromatic rings. The first-order chi connectivity index (χ1) is 6.15. The fraction of sp³-hybridized carbons (Fsp3) is 0.100. The fourth-order valence-corrected chi connectivity index (χ4v) is 0.801. The summed E-state index contributed by atoms with van der Waals surface area (Å²) in [5, 5.41) is 9.41. The zero-order valence-corrected chi connectivity index (χ0v) is 7.20. The number of phenols is 1. The normalized spacial score (nSPS) is 9.31. The van der Waals surface area contributed by atoms with E-state index >= 15 is 0 Å². The Labute approximate surface area is 76.3 Å². The summed E-state index contributed by atoms with van der Waals surface area (Å²) in [6.45, 7) is 4.93. The molecule has 0 aliphatic heterocycles. The summed E-state index contributed by atoms with van der Waals surface area (Å²) in [6.07, 6.45) is 1.03. The fourth-order valence-electron chi connectivity index (χ4n) is 0.801. The quantitative estimate of drug-likeness (QED) is 0.424. The number of benzene rings is 1. The molecule has 0 fully saturated rings. The van der Waals surface area contributed by atoms with Gasteiger partial charge in [-0.25, -0.2) is 4.79 Å². The van der Waals surface area contributed by atoms with Crippen LogP contribution < -0.4 is 4.74 Å². The van der Waals surface area contributed by atoms with Crippen molar-refractivity contribution < 1.29 is 14.6 Å². The maximum atomic E-state index is 10.8. The van der Waals surface area contributed by atoms with E-state index in [9.17, 15) is 9.90 Å². The Hall–Kier alpha value is -1.77.